The first-order valence-corrected chi connectivity index (χ1v) is 4.06. The zero-order valence-corrected chi connectivity index (χ0v) is 8.03. The van der Waals surface area contributed by atoms with Crippen molar-refractivity contribution in [2.24, 2.45) is 5.41 Å². The summed E-state index contributed by atoms with van der Waals surface area (Å²) in [6, 6.07) is 0. The van der Waals surface area contributed by atoms with Crippen LogP contribution in [0.1, 0.15) is 20.8 Å². The molecule has 12 heavy (non-hydrogen) atoms. The first-order valence-electron chi connectivity index (χ1n) is 4.06. The molecule has 3 heteroatoms. The van der Waals surface area contributed by atoms with Crippen molar-refractivity contribution in [3.05, 3.63) is 12.3 Å². The van der Waals surface area contributed by atoms with Gasteiger partial charge in [0.2, 0.25) is 5.91 Å². The molecule has 1 aliphatic rings. The summed E-state index contributed by atoms with van der Waals surface area (Å²) in [5, 5.41) is 4.26. The number of hydrogen-bond donors (Lipinski definition) is 0. The van der Waals surface area contributed by atoms with Gasteiger partial charge in [0.05, 0.1) is 0 Å². The van der Waals surface area contributed by atoms with Crippen LogP contribution >= 0.6 is 0 Å². The van der Waals surface area contributed by atoms with Gasteiger partial charge < -0.3 is 4.90 Å². The third kappa shape index (κ3) is 1.60. The Morgan fingerprint density at radius 2 is 2.08 bits per heavy atom. The van der Waals surface area contributed by atoms with Crippen LogP contribution in [-0.2, 0) is 4.79 Å². The molecule has 67 valence electrons. The van der Waals surface area contributed by atoms with E-state index in [0.29, 0.717) is 0 Å². The quantitative estimate of drug-likeness (QED) is 0.529. The Morgan fingerprint density at radius 1 is 1.50 bits per heavy atom. The number of carbonyl (C=O) groups excluding carboxylic acids is 1. The van der Waals surface area contributed by atoms with Gasteiger partial charge in [0.15, 0.2) is 0 Å². The van der Waals surface area contributed by atoms with Gasteiger partial charge in [-0.15, -0.1) is 0 Å². The molecule has 0 spiro atoms. The molecule has 0 N–H and O–H groups in total. The summed E-state index contributed by atoms with van der Waals surface area (Å²) < 4.78 is 0. The average molecular weight is 167 g/mol. The summed E-state index contributed by atoms with van der Waals surface area (Å²) in [6.45, 7) is 6.22. The third-order valence-corrected chi connectivity index (χ3v) is 1.93. The van der Waals surface area contributed by atoms with Crippen LogP contribution in [0.3, 0.4) is 0 Å². The van der Waals surface area contributed by atoms with Gasteiger partial charge in [-0.2, -0.15) is 0 Å². The molecule has 0 aromatic heterocycles. The number of carbonyl (C=O) groups is 1. The van der Waals surface area contributed by atoms with Crippen molar-refractivity contribution in [2.75, 3.05) is 7.05 Å². The minimum Gasteiger partial charge on any atom is -0.320 e. The molecule has 0 aliphatic carbocycles. The number of amides is 1. The molecule has 1 amide bonds. The molecule has 1 unspecified atom stereocenters. The predicted molar refractivity (Wildman–Crippen MR) is 47.3 cm³/mol. The molecule has 0 saturated heterocycles. The van der Waals surface area contributed by atoms with E-state index in [1.165, 1.54) is 6.08 Å². The van der Waals surface area contributed by atoms with Crippen molar-refractivity contribution in [1.82, 2.24) is 10.2 Å². The number of rotatable bonds is 0. The Bertz CT molecular complexity index is 215. The molecule has 0 fully saturated rings. The van der Waals surface area contributed by atoms with Gasteiger partial charge in [-0.1, -0.05) is 20.8 Å². The lowest BCUT2D eigenvalue weighted by molar-refractivity contribution is -0.130. The zero-order chi connectivity index (χ0) is 9.35. The van der Waals surface area contributed by atoms with Crippen molar-refractivity contribution in [3.63, 3.8) is 0 Å². The van der Waals surface area contributed by atoms with E-state index in [4.69, 9.17) is 0 Å². The highest BCUT2D eigenvalue weighted by Gasteiger charge is 2.32. The molecule has 3 nitrogen and oxygen atoms in total. The maximum absolute atomic E-state index is 11.2. The largest absolute Gasteiger partial charge is 0.320 e. The zero-order valence-electron chi connectivity index (χ0n) is 8.03. The normalized spacial score (nSPS) is 24.2. The van der Waals surface area contributed by atoms with E-state index in [-0.39, 0.29) is 17.5 Å². The van der Waals surface area contributed by atoms with Crippen LogP contribution < -0.4 is 5.32 Å². The van der Waals surface area contributed by atoms with Crippen molar-refractivity contribution in [3.8, 4) is 0 Å². The molecule has 1 aliphatic heterocycles. The Hall–Kier alpha value is -0.990. The van der Waals surface area contributed by atoms with Gasteiger partial charge in [-0.25, -0.2) is 0 Å². The topological polar surface area (TPSA) is 34.4 Å². The van der Waals surface area contributed by atoms with Crippen molar-refractivity contribution < 1.29 is 4.79 Å². The average Bonchev–Trinajstić information content (AvgIpc) is 1.92. The summed E-state index contributed by atoms with van der Waals surface area (Å²) >= 11 is 0. The maximum Gasteiger partial charge on any atom is 0.249 e. The van der Waals surface area contributed by atoms with E-state index in [2.05, 4.69) is 26.1 Å². The highest BCUT2D eigenvalue weighted by atomic mass is 16.2. The van der Waals surface area contributed by atoms with Gasteiger partial charge in [-0.3, -0.25) is 10.1 Å². The van der Waals surface area contributed by atoms with Crippen LogP contribution in [0.4, 0.5) is 0 Å². The van der Waals surface area contributed by atoms with Crippen LogP contribution in [0.5, 0.6) is 0 Å². The summed E-state index contributed by atoms with van der Waals surface area (Å²) in [6.07, 6.45) is 3.05. The van der Waals surface area contributed by atoms with Crippen molar-refractivity contribution in [1.29, 1.82) is 0 Å². The van der Waals surface area contributed by atoms with Crippen molar-refractivity contribution >= 4 is 5.91 Å². The Balaban J connectivity index is 2.81. The molecule has 1 rings (SSSR count). The van der Waals surface area contributed by atoms with Gasteiger partial charge in [0, 0.05) is 24.7 Å². The smallest absolute Gasteiger partial charge is 0.249 e. The number of hydrogen-bond acceptors (Lipinski definition) is 1. The van der Waals surface area contributed by atoms with E-state index in [1.807, 2.05) is 0 Å². The predicted octanol–water partition coefficient (Wildman–Crippen LogP) is 0.949. The molecule has 1 heterocycles. The number of nitrogens with zero attached hydrogens (tertiary/aromatic N) is 2. The van der Waals surface area contributed by atoms with E-state index in [1.54, 1.807) is 18.1 Å². The summed E-state index contributed by atoms with van der Waals surface area (Å²) in [5.41, 5.74) is 0.00910. The lowest BCUT2D eigenvalue weighted by atomic mass is 9.91. The summed E-state index contributed by atoms with van der Waals surface area (Å²) in [4.78, 5) is 12.9. The minimum atomic E-state index is -0.0324. The second-order valence-electron chi connectivity index (χ2n) is 4.15. The Kier molecular flexibility index (Phi) is 2.13. The van der Waals surface area contributed by atoms with E-state index < -0.39 is 0 Å². The number of likely N-dealkylation sites (N-methyl/N-ethyl adjacent to an activating group) is 1. The van der Waals surface area contributed by atoms with Crippen molar-refractivity contribution in [2.45, 2.75) is 26.9 Å². The fourth-order valence-corrected chi connectivity index (χ4v) is 1.33. The van der Waals surface area contributed by atoms with Gasteiger partial charge in [0.1, 0.15) is 6.17 Å². The molecular weight excluding hydrogens is 152 g/mol. The second-order valence-corrected chi connectivity index (χ2v) is 4.15. The van der Waals surface area contributed by atoms with Crippen LogP contribution in [0.15, 0.2) is 12.3 Å². The minimum absolute atomic E-state index is 0.00910. The first-order chi connectivity index (χ1) is 5.43. The highest BCUT2D eigenvalue weighted by molar-refractivity contribution is 5.88. The van der Waals surface area contributed by atoms with Crippen LogP contribution in [0.2, 0.25) is 0 Å². The van der Waals surface area contributed by atoms with Gasteiger partial charge in [-0.05, 0) is 0 Å². The van der Waals surface area contributed by atoms with Crippen LogP contribution in [-0.4, -0.2) is 24.0 Å². The van der Waals surface area contributed by atoms with Gasteiger partial charge in [0.25, 0.3) is 0 Å². The molecule has 1 atom stereocenters. The molecule has 0 aromatic carbocycles. The molecule has 0 bridgehead atoms. The second kappa shape index (κ2) is 2.81. The fraction of sp³-hybridized carbons (Fsp3) is 0.667. The van der Waals surface area contributed by atoms with E-state index in [0.717, 1.165) is 0 Å². The molecular formula is C9H15N2O. The van der Waals surface area contributed by atoms with Crippen LogP contribution in [0, 0.1) is 5.41 Å². The lowest BCUT2D eigenvalue weighted by Crippen LogP contribution is -2.51. The molecule has 1 radical (unpaired) electrons. The SMILES string of the molecule is CN1C(=O)C=C[N]C1C(C)(C)C. The first kappa shape index (κ1) is 9.10. The lowest BCUT2D eigenvalue weighted by Gasteiger charge is -2.37. The monoisotopic (exact) mass is 167 g/mol. The van der Waals surface area contributed by atoms with Crippen LogP contribution in [0.25, 0.3) is 0 Å². The molecule has 0 saturated carbocycles. The molecule has 0 aromatic rings. The summed E-state index contributed by atoms with van der Waals surface area (Å²) in [7, 11) is 1.78. The standard InChI is InChI=1S/C9H15N2O/c1-9(2,3)8-10-6-5-7(12)11(8)4/h5-6,8H,1-4H3. The Labute approximate surface area is 73.4 Å². The fourth-order valence-electron chi connectivity index (χ4n) is 1.33. The third-order valence-electron chi connectivity index (χ3n) is 1.93. The van der Waals surface area contributed by atoms with Gasteiger partial charge >= 0.3 is 0 Å². The van der Waals surface area contributed by atoms with E-state index >= 15 is 0 Å². The maximum atomic E-state index is 11.2. The Morgan fingerprint density at radius 3 is 2.50 bits per heavy atom. The van der Waals surface area contributed by atoms with E-state index in [9.17, 15) is 4.79 Å². The highest BCUT2D eigenvalue weighted by Crippen LogP contribution is 2.24. The summed E-state index contributed by atoms with van der Waals surface area (Å²) in [5.74, 6) is 0.0323.